The fraction of sp³-hybridized carbons (Fsp3) is 0.235. The van der Waals surface area contributed by atoms with Crippen molar-refractivity contribution in [1.29, 1.82) is 0 Å². The maximum Gasteiger partial charge on any atom is 0.255 e. The van der Waals surface area contributed by atoms with E-state index in [1.807, 2.05) is 32.0 Å². The largest absolute Gasteiger partial charge is 0.493 e. The molecule has 0 aliphatic carbocycles. The zero-order valence-corrected chi connectivity index (χ0v) is 13.7. The molecular weight excluding hydrogens is 302 g/mol. The Balaban J connectivity index is 2.31. The van der Waals surface area contributed by atoms with Gasteiger partial charge < -0.3 is 14.8 Å². The van der Waals surface area contributed by atoms with Crippen molar-refractivity contribution >= 4 is 23.2 Å². The molecule has 1 N–H and O–H groups in total. The molecule has 0 unspecified atom stereocenters. The van der Waals surface area contributed by atoms with Crippen molar-refractivity contribution in [3.8, 4) is 11.5 Å². The molecule has 116 valence electrons. The number of carbonyl (C=O) groups is 1. The maximum absolute atomic E-state index is 12.4. The molecule has 2 aromatic carbocycles. The summed E-state index contributed by atoms with van der Waals surface area (Å²) >= 11 is 6.13. The van der Waals surface area contributed by atoms with Crippen LogP contribution in [-0.4, -0.2) is 20.1 Å². The Morgan fingerprint density at radius 1 is 1.00 bits per heavy atom. The minimum Gasteiger partial charge on any atom is -0.493 e. The number of anilines is 1. The van der Waals surface area contributed by atoms with Gasteiger partial charge in [0.25, 0.3) is 5.91 Å². The van der Waals surface area contributed by atoms with Gasteiger partial charge in [-0.25, -0.2) is 0 Å². The molecule has 22 heavy (non-hydrogen) atoms. The summed E-state index contributed by atoms with van der Waals surface area (Å²) in [6.07, 6.45) is 0. The Labute approximate surface area is 135 Å². The Bertz CT molecular complexity index is 693. The third-order valence-electron chi connectivity index (χ3n) is 3.18. The summed E-state index contributed by atoms with van der Waals surface area (Å²) in [6.45, 7) is 3.96. The molecule has 0 atom stereocenters. The van der Waals surface area contributed by atoms with Crippen molar-refractivity contribution in [2.75, 3.05) is 19.5 Å². The van der Waals surface area contributed by atoms with Crippen LogP contribution in [0.3, 0.4) is 0 Å². The zero-order valence-electron chi connectivity index (χ0n) is 13.0. The van der Waals surface area contributed by atoms with Crippen LogP contribution in [0, 0.1) is 13.8 Å². The highest BCUT2D eigenvalue weighted by Crippen LogP contribution is 2.36. The average Bonchev–Trinajstić information content (AvgIpc) is 2.45. The van der Waals surface area contributed by atoms with Crippen LogP contribution < -0.4 is 14.8 Å². The highest BCUT2D eigenvalue weighted by molar-refractivity contribution is 6.32. The SMILES string of the molecule is COc1cc(C(=O)Nc2cc(C)cc(C)c2)cc(Cl)c1OC. The van der Waals surface area contributed by atoms with Crippen molar-refractivity contribution < 1.29 is 14.3 Å². The van der Waals surface area contributed by atoms with E-state index in [4.69, 9.17) is 21.1 Å². The lowest BCUT2D eigenvalue weighted by Crippen LogP contribution is -2.12. The number of amides is 1. The normalized spacial score (nSPS) is 10.2. The molecule has 0 aliphatic rings. The van der Waals surface area contributed by atoms with Gasteiger partial charge in [0.1, 0.15) is 0 Å². The van der Waals surface area contributed by atoms with Gasteiger partial charge in [0.15, 0.2) is 11.5 Å². The topological polar surface area (TPSA) is 47.6 Å². The minimum absolute atomic E-state index is 0.257. The van der Waals surface area contributed by atoms with E-state index in [0.29, 0.717) is 22.1 Å². The zero-order chi connectivity index (χ0) is 16.3. The molecule has 0 aliphatic heterocycles. The molecule has 0 saturated carbocycles. The molecule has 2 rings (SSSR count). The van der Waals surface area contributed by atoms with E-state index in [2.05, 4.69) is 5.32 Å². The molecule has 0 fully saturated rings. The fourth-order valence-corrected chi connectivity index (χ4v) is 2.59. The molecular formula is C17H18ClNO3. The molecule has 0 heterocycles. The summed E-state index contributed by atoms with van der Waals surface area (Å²) in [6, 6.07) is 9.02. The molecule has 5 heteroatoms. The molecule has 1 amide bonds. The Morgan fingerprint density at radius 2 is 1.64 bits per heavy atom. The Hall–Kier alpha value is -2.20. The summed E-state index contributed by atoms with van der Waals surface area (Å²) in [4.78, 5) is 12.4. The Morgan fingerprint density at radius 3 is 2.18 bits per heavy atom. The standard InChI is InChI=1S/C17H18ClNO3/c1-10-5-11(2)7-13(6-10)19-17(20)12-8-14(18)16(22-4)15(9-12)21-3/h5-9H,1-4H3,(H,19,20). The van der Waals surface area contributed by atoms with Gasteiger partial charge in [-0.2, -0.15) is 0 Å². The Kier molecular flexibility index (Phi) is 4.93. The van der Waals surface area contributed by atoms with Gasteiger partial charge in [0.2, 0.25) is 0 Å². The molecule has 0 spiro atoms. The van der Waals surface area contributed by atoms with Crippen LogP contribution in [0.4, 0.5) is 5.69 Å². The number of methoxy groups -OCH3 is 2. The second kappa shape index (κ2) is 6.71. The summed E-state index contributed by atoms with van der Waals surface area (Å²) in [5.74, 6) is 0.570. The average molecular weight is 320 g/mol. The van der Waals surface area contributed by atoms with Gasteiger partial charge in [-0.05, 0) is 49.2 Å². The van der Waals surface area contributed by atoms with Gasteiger partial charge in [0, 0.05) is 11.3 Å². The van der Waals surface area contributed by atoms with Crippen molar-refractivity contribution in [3.63, 3.8) is 0 Å². The molecule has 0 saturated heterocycles. The predicted octanol–water partition coefficient (Wildman–Crippen LogP) is 4.23. The molecule has 0 bridgehead atoms. The van der Waals surface area contributed by atoms with Gasteiger partial charge in [-0.15, -0.1) is 0 Å². The molecule has 2 aromatic rings. The van der Waals surface area contributed by atoms with Crippen molar-refractivity contribution in [2.45, 2.75) is 13.8 Å². The van der Waals surface area contributed by atoms with E-state index < -0.39 is 0 Å². The predicted molar refractivity (Wildman–Crippen MR) is 88.4 cm³/mol. The monoisotopic (exact) mass is 319 g/mol. The van der Waals surface area contributed by atoms with E-state index in [9.17, 15) is 4.79 Å². The fourth-order valence-electron chi connectivity index (χ4n) is 2.30. The van der Waals surface area contributed by atoms with Crippen molar-refractivity contribution in [2.24, 2.45) is 0 Å². The highest BCUT2D eigenvalue weighted by atomic mass is 35.5. The van der Waals surface area contributed by atoms with Gasteiger partial charge >= 0.3 is 0 Å². The van der Waals surface area contributed by atoms with Gasteiger partial charge in [-0.1, -0.05) is 17.7 Å². The molecule has 4 nitrogen and oxygen atoms in total. The van der Waals surface area contributed by atoms with E-state index >= 15 is 0 Å². The second-order valence-electron chi connectivity index (χ2n) is 5.02. The van der Waals surface area contributed by atoms with E-state index in [0.717, 1.165) is 16.8 Å². The summed E-state index contributed by atoms with van der Waals surface area (Å²) < 4.78 is 10.4. The van der Waals surface area contributed by atoms with Crippen LogP contribution >= 0.6 is 11.6 Å². The lowest BCUT2D eigenvalue weighted by Gasteiger charge is -2.12. The van der Waals surface area contributed by atoms with E-state index in [1.165, 1.54) is 14.2 Å². The van der Waals surface area contributed by atoms with Crippen LogP contribution in [-0.2, 0) is 0 Å². The number of aryl methyl sites for hydroxylation is 2. The first-order valence-electron chi connectivity index (χ1n) is 6.75. The van der Waals surface area contributed by atoms with E-state index in [1.54, 1.807) is 12.1 Å². The van der Waals surface area contributed by atoms with Gasteiger partial charge in [0.05, 0.1) is 19.2 Å². The second-order valence-corrected chi connectivity index (χ2v) is 5.43. The minimum atomic E-state index is -0.257. The van der Waals surface area contributed by atoms with E-state index in [-0.39, 0.29) is 5.91 Å². The first-order valence-corrected chi connectivity index (χ1v) is 7.13. The van der Waals surface area contributed by atoms with Crippen molar-refractivity contribution in [3.05, 3.63) is 52.0 Å². The van der Waals surface area contributed by atoms with Gasteiger partial charge in [-0.3, -0.25) is 4.79 Å². The summed E-state index contributed by atoms with van der Waals surface area (Å²) in [7, 11) is 3.00. The number of carbonyl (C=O) groups excluding carboxylic acids is 1. The maximum atomic E-state index is 12.4. The van der Waals surface area contributed by atoms with Crippen LogP contribution in [0.25, 0.3) is 0 Å². The third-order valence-corrected chi connectivity index (χ3v) is 3.46. The molecule has 0 aromatic heterocycles. The third kappa shape index (κ3) is 3.52. The summed E-state index contributed by atoms with van der Waals surface area (Å²) in [5, 5.41) is 3.19. The van der Waals surface area contributed by atoms with Crippen LogP contribution in [0.15, 0.2) is 30.3 Å². The summed E-state index contributed by atoms with van der Waals surface area (Å²) in [5.41, 5.74) is 3.32. The number of hydrogen-bond donors (Lipinski definition) is 1. The number of benzene rings is 2. The number of halogens is 1. The van der Waals surface area contributed by atoms with Crippen molar-refractivity contribution in [1.82, 2.24) is 0 Å². The van der Waals surface area contributed by atoms with Crippen LogP contribution in [0.2, 0.25) is 5.02 Å². The van der Waals surface area contributed by atoms with Crippen LogP contribution in [0.5, 0.6) is 11.5 Å². The molecule has 0 radical (unpaired) electrons. The number of hydrogen-bond acceptors (Lipinski definition) is 3. The van der Waals surface area contributed by atoms with Crippen LogP contribution in [0.1, 0.15) is 21.5 Å². The lowest BCUT2D eigenvalue weighted by atomic mass is 10.1. The first kappa shape index (κ1) is 16.2. The number of nitrogens with one attached hydrogen (secondary N) is 1. The number of rotatable bonds is 4. The first-order chi connectivity index (χ1) is 10.4. The quantitative estimate of drug-likeness (QED) is 0.917. The smallest absolute Gasteiger partial charge is 0.255 e. The lowest BCUT2D eigenvalue weighted by molar-refractivity contribution is 0.102. The number of ether oxygens (including phenoxy) is 2. The highest BCUT2D eigenvalue weighted by Gasteiger charge is 2.15.